The molecule has 3 heteroatoms. The van der Waals surface area contributed by atoms with Gasteiger partial charge in [-0.3, -0.25) is 0 Å². The highest BCUT2D eigenvalue weighted by Crippen LogP contribution is 2.22. The van der Waals surface area contributed by atoms with Gasteiger partial charge in [-0.25, -0.2) is 0 Å². The maximum atomic E-state index is 9.85. The van der Waals surface area contributed by atoms with Crippen LogP contribution < -0.4 is 0 Å². The number of ether oxygens (including phenoxy) is 1. The summed E-state index contributed by atoms with van der Waals surface area (Å²) in [4.78, 5) is 0. The Bertz CT molecular complexity index is 107. The van der Waals surface area contributed by atoms with Crippen LogP contribution >= 0.6 is 0 Å². The molecule has 0 amide bonds. The summed E-state index contributed by atoms with van der Waals surface area (Å²) >= 11 is 0. The molecular weight excluding hydrogens is 204 g/mol. The molecule has 0 aliphatic heterocycles. The summed E-state index contributed by atoms with van der Waals surface area (Å²) in [5, 5.41) is 18.5. The molecule has 0 saturated heterocycles. The Kier molecular flexibility index (Phi) is 14.8. The highest BCUT2D eigenvalue weighted by atomic mass is 16.5. The first-order chi connectivity index (χ1) is 7.60. The minimum atomic E-state index is -0.599. The first kappa shape index (κ1) is 18.3. The summed E-state index contributed by atoms with van der Waals surface area (Å²) in [6.07, 6.45) is 4.10. The van der Waals surface area contributed by atoms with Crippen LogP contribution in [0.4, 0.5) is 0 Å². The number of aliphatic hydroxyl groups is 2. The lowest BCUT2D eigenvalue weighted by molar-refractivity contribution is -0.000956. The van der Waals surface area contributed by atoms with Gasteiger partial charge < -0.3 is 14.9 Å². The van der Waals surface area contributed by atoms with Gasteiger partial charge in [-0.15, -0.1) is 0 Å². The van der Waals surface area contributed by atoms with Gasteiger partial charge in [0.1, 0.15) is 0 Å². The van der Waals surface area contributed by atoms with Gasteiger partial charge in [-0.2, -0.15) is 0 Å². The number of hydrogen-bond acceptors (Lipinski definition) is 3. The van der Waals surface area contributed by atoms with E-state index in [1.807, 2.05) is 13.8 Å². The molecule has 0 atom stereocenters. The molecule has 0 fully saturated rings. The standard InChI is InChI=1S/C9H20O2.C4H10O/c1-3-5-9(11,6-4-2)7-8-10;1-3-5-4-2/h10-11H,3-8H2,1-2H3;3-4H2,1-2H3. The quantitative estimate of drug-likeness (QED) is 0.679. The third kappa shape index (κ3) is 12.0. The van der Waals surface area contributed by atoms with Crippen LogP contribution in [0.3, 0.4) is 0 Å². The second-order valence-electron chi connectivity index (χ2n) is 3.98. The molecular formula is C13H30O3. The molecule has 16 heavy (non-hydrogen) atoms. The zero-order valence-electron chi connectivity index (χ0n) is 11.5. The van der Waals surface area contributed by atoms with Crippen molar-refractivity contribution in [2.45, 2.75) is 65.4 Å². The summed E-state index contributed by atoms with van der Waals surface area (Å²) < 4.78 is 4.83. The molecule has 0 aromatic rings. The van der Waals surface area contributed by atoms with Gasteiger partial charge in [0.2, 0.25) is 0 Å². The van der Waals surface area contributed by atoms with Crippen LogP contribution in [-0.4, -0.2) is 35.6 Å². The normalized spacial score (nSPS) is 10.9. The fourth-order valence-corrected chi connectivity index (χ4v) is 1.72. The van der Waals surface area contributed by atoms with Crippen LogP contribution in [0.2, 0.25) is 0 Å². The van der Waals surface area contributed by atoms with E-state index in [2.05, 4.69) is 13.8 Å². The van der Waals surface area contributed by atoms with Crippen molar-refractivity contribution >= 4 is 0 Å². The predicted octanol–water partition coefficient (Wildman–Crippen LogP) is 2.74. The largest absolute Gasteiger partial charge is 0.396 e. The maximum Gasteiger partial charge on any atom is 0.0669 e. The van der Waals surface area contributed by atoms with Crippen LogP contribution in [0.25, 0.3) is 0 Å². The fraction of sp³-hybridized carbons (Fsp3) is 1.00. The molecule has 0 radical (unpaired) electrons. The van der Waals surface area contributed by atoms with Crippen molar-refractivity contribution in [1.82, 2.24) is 0 Å². The van der Waals surface area contributed by atoms with Crippen molar-refractivity contribution in [3.63, 3.8) is 0 Å². The van der Waals surface area contributed by atoms with Crippen LogP contribution in [-0.2, 0) is 4.74 Å². The van der Waals surface area contributed by atoms with E-state index in [-0.39, 0.29) is 6.61 Å². The van der Waals surface area contributed by atoms with Crippen LogP contribution in [0, 0.1) is 0 Å². The van der Waals surface area contributed by atoms with Crippen LogP contribution in [0.15, 0.2) is 0 Å². The Morgan fingerprint density at radius 3 is 1.50 bits per heavy atom. The summed E-state index contributed by atoms with van der Waals surface area (Å²) in [6, 6.07) is 0. The van der Waals surface area contributed by atoms with E-state index < -0.39 is 5.60 Å². The molecule has 0 heterocycles. The van der Waals surface area contributed by atoms with Crippen molar-refractivity contribution in [3.8, 4) is 0 Å². The zero-order valence-corrected chi connectivity index (χ0v) is 11.5. The second kappa shape index (κ2) is 12.9. The van der Waals surface area contributed by atoms with Crippen molar-refractivity contribution in [2.75, 3.05) is 19.8 Å². The number of rotatable bonds is 8. The van der Waals surface area contributed by atoms with Gasteiger partial charge in [0, 0.05) is 19.8 Å². The summed E-state index contributed by atoms with van der Waals surface area (Å²) in [7, 11) is 0. The number of hydrogen-bond donors (Lipinski definition) is 2. The van der Waals surface area contributed by atoms with Crippen molar-refractivity contribution < 1.29 is 14.9 Å². The summed E-state index contributed by atoms with van der Waals surface area (Å²) in [5.74, 6) is 0. The predicted molar refractivity (Wildman–Crippen MR) is 68.6 cm³/mol. The Labute approximate surface area is 101 Å². The maximum absolute atomic E-state index is 9.85. The SMILES string of the molecule is CCCC(O)(CCC)CCO.CCOCC. The van der Waals surface area contributed by atoms with E-state index in [0.717, 1.165) is 38.9 Å². The van der Waals surface area contributed by atoms with Crippen molar-refractivity contribution in [3.05, 3.63) is 0 Å². The van der Waals surface area contributed by atoms with E-state index in [4.69, 9.17) is 9.84 Å². The highest BCUT2D eigenvalue weighted by Gasteiger charge is 2.23. The van der Waals surface area contributed by atoms with E-state index in [1.165, 1.54) is 0 Å². The second-order valence-corrected chi connectivity index (χ2v) is 3.98. The lowest BCUT2D eigenvalue weighted by Gasteiger charge is -2.26. The highest BCUT2D eigenvalue weighted by molar-refractivity contribution is 4.76. The smallest absolute Gasteiger partial charge is 0.0669 e. The average molecular weight is 234 g/mol. The zero-order chi connectivity index (χ0) is 12.9. The molecule has 0 aromatic carbocycles. The molecule has 0 saturated carbocycles. The third-order valence-electron chi connectivity index (χ3n) is 2.42. The molecule has 0 unspecified atom stereocenters. The van der Waals surface area contributed by atoms with Crippen LogP contribution in [0.1, 0.15) is 59.8 Å². The molecule has 2 N–H and O–H groups in total. The fourth-order valence-electron chi connectivity index (χ4n) is 1.72. The Balaban J connectivity index is 0. The van der Waals surface area contributed by atoms with E-state index in [1.54, 1.807) is 0 Å². The van der Waals surface area contributed by atoms with Crippen molar-refractivity contribution in [2.24, 2.45) is 0 Å². The average Bonchev–Trinajstić information content (AvgIpc) is 2.20. The lowest BCUT2D eigenvalue weighted by atomic mass is 9.90. The molecule has 3 nitrogen and oxygen atoms in total. The number of aliphatic hydroxyl groups excluding tert-OH is 1. The molecule has 100 valence electrons. The molecule has 0 aliphatic rings. The van der Waals surface area contributed by atoms with Crippen LogP contribution in [0.5, 0.6) is 0 Å². The molecule has 0 spiro atoms. The third-order valence-corrected chi connectivity index (χ3v) is 2.42. The topological polar surface area (TPSA) is 49.7 Å². The van der Waals surface area contributed by atoms with Gasteiger partial charge >= 0.3 is 0 Å². The molecule has 0 bridgehead atoms. The van der Waals surface area contributed by atoms with E-state index in [0.29, 0.717) is 6.42 Å². The first-order valence-electron chi connectivity index (χ1n) is 6.51. The van der Waals surface area contributed by atoms with Gasteiger partial charge in [0.05, 0.1) is 5.60 Å². The molecule has 0 rings (SSSR count). The van der Waals surface area contributed by atoms with Gasteiger partial charge in [0.15, 0.2) is 0 Å². The van der Waals surface area contributed by atoms with Crippen molar-refractivity contribution in [1.29, 1.82) is 0 Å². The molecule has 0 aliphatic carbocycles. The summed E-state index contributed by atoms with van der Waals surface area (Å²) in [6.45, 7) is 9.87. The Hall–Kier alpha value is -0.120. The Morgan fingerprint density at radius 2 is 1.31 bits per heavy atom. The minimum Gasteiger partial charge on any atom is -0.396 e. The van der Waals surface area contributed by atoms with E-state index >= 15 is 0 Å². The van der Waals surface area contributed by atoms with Gasteiger partial charge in [0.25, 0.3) is 0 Å². The monoisotopic (exact) mass is 234 g/mol. The van der Waals surface area contributed by atoms with Gasteiger partial charge in [-0.1, -0.05) is 26.7 Å². The first-order valence-corrected chi connectivity index (χ1v) is 6.51. The minimum absolute atomic E-state index is 0.0938. The molecule has 0 aromatic heterocycles. The van der Waals surface area contributed by atoms with Gasteiger partial charge in [-0.05, 0) is 33.1 Å². The van der Waals surface area contributed by atoms with E-state index in [9.17, 15) is 5.11 Å². The Morgan fingerprint density at radius 1 is 0.875 bits per heavy atom. The summed E-state index contributed by atoms with van der Waals surface area (Å²) in [5.41, 5.74) is -0.599. The lowest BCUT2D eigenvalue weighted by Crippen LogP contribution is -2.29.